The molecule has 14 heavy (non-hydrogen) atoms. The van der Waals surface area contributed by atoms with Crippen molar-refractivity contribution in [3.05, 3.63) is 22.7 Å². The van der Waals surface area contributed by atoms with Gasteiger partial charge < -0.3 is 5.32 Å². The Morgan fingerprint density at radius 1 is 1.64 bits per heavy atom. The molecule has 0 radical (unpaired) electrons. The number of nitrogens with zero attached hydrogens (tertiary/aromatic N) is 1. The largest absolute Gasteiger partial charge is 0.324 e. The molecule has 0 saturated carbocycles. The van der Waals surface area contributed by atoms with Crippen LogP contribution in [0.2, 0.25) is 0 Å². The molecule has 5 heteroatoms. The lowest BCUT2D eigenvalue weighted by Gasteiger charge is -2.05. The number of anilines is 1. The van der Waals surface area contributed by atoms with Gasteiger partial charge in [-0.2, -0.15) is 5.26 Å². The van der Waals surface area contributed by atoms with Crippen LogP contribution in [0.3, 0.4) is 0 Å². The van der Waals surface area contributed by atoms with Gasteiger partial charge in [-0.1, -0.05) is 15.9 Å². The van der Waals surface area contributed by atoms with E-state index in [-0.39, 0.29) is 12.3 Å². The second kappa shape index (κ2) is 5.03. The number of nitriles is 1. The standard InChI is InChI=1S/C9H7BrN2OS/c10-6-1-2-7(8(14)5-6)12-9(13)3-4-11/h1-2,5,14H,3H2,(H,12,13). The lowest BCUT2D eigenvalue weighted by molar-refractivity contribution is -0.115. The van der Waals surface area contributed by atoms with Gasteiger partial charge in [0.05, 0.1) is 11.8 Å². The molecule has 0 heterocycles. The number of nitrogens with one attached hydrogen (secondary N) is 1. The molecule has 1 aromatic carbocycles. The van der Waals surface area contributed by atoms with Gasteiger partial charge in [0, 0.05) is 9.37 Å². The Labute approximate surface area is 95.7 Å². The Balaban J connectivity index is 2.78. The first-order valence-corrected chi connectivity index (χ1v) is 5.03. The van der Waals surface area contributed by atoms with E-state index in [1.54, 1.807) is 24.3 Å². The number of halogens is 1. The third-order valence-electron chi connectivity index (χ3n) is 1.47. The van der Waals surface area contributed by atoms with Crippen LogP contribution in [0.15, 0.2) is 27.6 Å². The van der Waals surface area contributed by atoms with Crippen molar-refractivity contribution in [1.82, 2.24) is 0 Å². The van der Waals surface area contributed by atoms with Crippen LogP contribution in [0.25, 0.3) is 0 Å². The number of hydrogen-bond acceptors (Lipinski definition) is 3. The lowest BCUT2D eigenvalue weighted by atomic mass is 10.3. The van der Waals surface area contributed by atoms with Crippen molar-refractivity contribution in [2.24, 2.45) is 0 Å². The Bertz CT molecular complexity index is 400. The molecular formula is C9H7BrN2OS. The van der Waals surface area contributed by atoms with Crippen LogP contribution in [-0.2, 0) is 4.79 Å². The summed E-state index contributed by atoms with van der Waals surface area (Å²) in [6.07, 6.45) is -0.150. The molecule has 3 nitrogen and oxygen atoms in total. The van der Waals surface area contributed by atoms with Gasteiger partial charge >= 0.3 is 0 Å². The molecule has 0 spiro atoms. The highest BCUT2D eigenvalue weighted by Gasteiger charge is 2.04. The third kappa shape index (κ3) is 3.05. The van der Waals surface area contributed by atoms with Crippen molar-refractivity contribution in [2.75, 3.05) is 5.32 Å². The number of thiol groups is 1. The number of carbonyl (C=O) groups excluding carboxylic acids is 1. The summed E-state index contributed by atoms with van der Waals surface area (Å²) in [6.45, 7) is 0. The number of benzene rings is 1. The summed E-state index contributed by atoms with van der Waals surface area (Å²) in [5.41, 5.74) is 0.608. The monoisotopic (exact) mass is 270 g/mol. The molecule has 72 valence electrons. The molecule has 1 N–H and O–H groups in total. The van der Waals surface area contributed by atoms with E-state index < -0.39 is 0 Å². The Morgan fingerprint density at radius 2 is 2.36 bits per heavy atom. The topological polar surface area (TPSA) is 52.9 Å². The van der Waals surface area contributed by atoms with E-state index in [9.17, 15) is 4.79 Å². The van der Waals surface area contributed by atoms with Crippen molar-refractivity contribution in [2.45, 2.75) is 11.3 Å². The van der Waals surface area contributed by atoms with Gasteiger partial charge in [-0.15, -0.1) is 12.6 Å². The van der Waals surface area contributed by atoms with Crippen molar-refractivity contribution < 1.29 is 4.79 Å². The maximum atomic E-state index is 11.1. The highest BCUT2D eigenvalue weighted by atomic mass is 79.9. The van der Waals surface area contributed by atoms with Crippen LogP contribution in [0.5, 0.6) is 0 Å². The fraction of sp³-hybridized carbons (Fsp3) is 0.111. The molecule has 0 aliphatic carbocycles. The van der Waals surface area contributed by atoms with Crippen LogP contribution in [-0.4, -0.2) is 5.91 Å². The molecule has 0 aliphatic rings. The zero-order valence-corrected chi connectivity index (χ0v) is 9.60. The predicted molar refractivity (Wildman–Crippen MR) is 60.3 cm³/mol. The van der Waals surface area contributed by atoms with E-state index in [2.05, 4.69) is 33.9 Å². The second-order valence-electron chi connectivity index (χ2n) is 2.54. The van der Waals surface area contributed by atoms with Gasteiger partial charge in [-0.3, -0.25) is 4.79 Å². The highest BCUT2D eigenvalue weighted by molar-refractivity contribution is 9.10. The number of hydrogen-bond donors (Lipinski definition) is 2. The molecular weight excluding hydrogens is 264 g/mol. The number of carbonyl (C=O) groups is 1. The summed E-state index contributed by atoms with van der Waals surface area (Å²) in [6, 6.07) is 7.06. The number of rotatable bonds is 2. The van der Waals surface area contributed by atoms with E-state index in [0.29, 0.717) is 10.6 Å². The van der Waals surface area contributed by atoms with Crippen molar-refractivity contribution >= 4 is 40.2 Å². The van der Waals surface area contributed by atoms with Crippen LogP contribution in [0, 0.1) is 11.3 Å². The normalized spacial score (nSPS) is 9.21. The summed E-state index contributed by atoms with van der Waals surface area (Å²) in [4.78, 5) is 11.7. The first kappa shape index (κ1) is 11.1. The first-order chi connectivity index (χ1) is 6.63. The first-order valence-electron chi connectivity index (χ1n) is 3.79. The maximum absolute atomic E-state index is 11.1. The van der Waals surface area contributed by atoms with E-state index in [0.717, 1.165) is 4.47 Å². The Morgan fingerprint density at radius 3 is 2.93 bits per heavy atom. The average molecular weight is 271 g/mol. The SMILES string of the molecule is N#CCC(=O)Nc1ccc(Br)cc1S. The van der Waals surface area contributed by atoms with Crippen molar-refractivity contribution in [1.29, 1.82) is 5.26 Å². The van der Waals surface area contributed by atoms with Gasteiger partial charge in [-0.25, -0.2) is 0 Å². The second-order valence-corrected chi connectivity index (χ2v) is 3.94. The minimum absolute atomic E-state index is 0.150. The summed E-state index contributed by atoms with van der Waals surface area (Å²) < 4.78 is 0.890. The molecule has 0 saturated heterocycles. The maximum Gasteiger partial charge on any atom is 0.238 e. The molecule has 1 aromatic rings. The van der Waals surface area contributed by atoms with E-state index in [1.165, 1.54) is 0 Å². The molecule has 0 fully saturated rings. The molecule has 1 rings (SSSR count). The predicted octanol–water partition coefficient (Wildman–Crippen LogP) is 2.59. The van der Waals surface area contributed by atoms with Gasteiger partial charge in [-0.05, 0) is 18.2 Å². The van der Waals surface area contributed by atoms with E-state index in [4.69, 9.17) is 5.26 Å². The van der Waals surface area contributed by atoms with E-state index in [1.807, 2.05) is 0 Å². The molecule has 0 unspecified atom stereocenters. The molecule has 1 amide bonds. The quantitative estimate of drug-likeness (QED) is 0.812. The van der Waals surface area contributed by atoms with Crippen LogP contribution >= 0.6 is 28.6 Å². The van der Waals surface area contributed by atoms with Gasteiger partial charge in [0.15, 0.2) is 0 Å². The molecule has 0 atom stereocenters. The summed E-state index contributed by atoms with van der Waals surface area (Å²) >= 11 is 7.46. The van der Waals surface area contributed by atoms with Gasteiger partial charge in [0.25, 0.3) is 0 Å². The summed E-state index contributed by atoms with van der Waals surface area (Å²) in [5.74, 6) is -0.329. The highest BCUT2D eigenvalue weighted by Crippen LogP contribution is 2.23. The minimum Gasteiger partial charge on any atom is -0.324 e. The molecule has 0 aromatic heterocycles. The zero-order chi connectivity index (χ0) is 10.6. The Kier molecular flexibility index (Phi) is 3.98. The lowest BCUT2D eigenvalue weighted by Crippen LogP contribution is -2.10. The average Bonchev–Trinajstić information content (AvgIpc) is 2.10. The minimum atomic E-state index is -0.329. The molecule has 0 aliphatic heterocycles. The Hall–Kier alpha value is -0.990. The fourth-order valence-corrected chi connectivity index (χ4v) is 1.68. The van der Waals surface area contributed by atoms with Crippen LogP contribution in [0.1, 0.15) is 6.42 Å². The third-order valence-corrected chi connectivity index (χ3v) is 2.34. The van der Waals surface area contributed by atoms with E-state index >= 15 is 0 Å². The fourth-order valence-electron chi connectivity index (χ4n) is 0.877. The van der Waals surface area contributed by atoms with Crippen LogP contribution < -0.4 is 5.32 Å². The van der Waals surface area contributed by atoms with Gasteiger partial charge in [0.1, 0.15) is 6.42 Å². The van der Waals surface area contributed by atoms with Crippen molar-refractivity contribution in [3.63, 3.8) is 0 Å². The van der Waals surface area contributed by atoms with Gasteiger partial charge in [0.2, 0.25) is 5.91 Å². The zero-order valence-electron chi connectivity index (χ0n) is 7.12. The summed E-state index contributed by atoms with van der Waals surface area (Å²) in [5, 5.41) is 10.9. The smallest absolute Gasteiger partial charge is 0.238 e. The number of amides is 1. The van der Waals surface area contributed by atoms with Crippen LogP contribution in [0.4, 0.5) is 5.69 Å². The summed E-state index contributed by atoms with van der Waals surface area (Å²) in [7, 11) is 0. The molecule has 0 bridgehead atoms. The van der Waals surface area contributed by atoms with Crippen molar-refractivity contribution in [3.8, 4) is 6.07 Å².